The maximum Gasteiger partial charge on any atom is 0.325 e. The molecule has 21 heavy (non-hydrogen) atoms. The maximum absolute atomic E-state index is 11.8. The molecule has 2 aromatic rings. The minimum atomic E-state index is -0.970. The second kappa shape index (κ2) is 7.03. The largest absolute Gasteiger partial charge is 0.480 e. The van der Waals surface area contributed by atoms with Crippen molar-refractivity contribution >= 4 is 29.0 Å². The van der Waals surface area contributed by atoms with Crippen LogP contribution in [-0.4, -0.2) is 26.8 Å². The van der Waals surface area contributed by atoms with Crippen LogP contribution in [0, 0.1) is 6.92 Å². The Hall–Kier alpha value is -2.15. The standard InChI is InChI=1S/C14H17N3O3S/c1-10-5-6-11(21-10)3-2-4-13(18)15-12-7-8-17(16-12)9-14(19)20/h5-8H,2-4,9H2,1H3,(H,19,20)(H,15,16,18). The van der Waals surface area contributed by atoms with E-state index in [2.05, 4.69) is 29.5 Å². The fraction of sp³-hybridized carbons (Fsp3) is 0.357. The number of anilines is 1. The molecule has 0 radical (unpaired) electrons. The first kappa shape index (κ1) is 15.2. The fourth-order valence-corrected chi connectivity index (χ4v) is 2.84. The third-order valence-electron chi connectivity index (χ3n) is 2.83. The van der Waals surface area contributed by atoms with Gasteiger partial charge >= 0.3 is 5.97 Å². The van der Waals surface area contributed by atoms with E-state index in [0.717, 1.165) is 12.8 Å². The van der Waals surface area contributed by atoms with Gasteiger partial charge in [-0.3, -0.25) is 14.3 Å². The van der Waals surface area contributed by atoms with Crippen LogP contribution in [0.2, 0.25) is 0 Å². The highest BCUT2D eigenvalue weighted by molar-refractivity contribution is 7.11. The number of aromatic nitrogens is 2. The quantitative estimate of drug-likeness (QED) is 0.822. The highest BCUT2D eigenvalue weighted by Gasteiger charge is 2.07. The number of carbonyl (C=O) groups is 2. The number of carboxylic acids is 1. The van der Waals surface area contributed by atoms with Gasteiger partial charge in [0.05, 0.1) is 0 Å². The SMILES string of the molecule is Cc1ccc(CCCC(=O)Nc2ccn(CC(=O)O)n2)s1. The lowest BCUT2D eigenvalue weighted by Crippen LogP contribution is -2.13. The Balaban J connectivity index is 1.74. The molecule has 2 aromatic heterocycles. The first-order valence-electron chi connectivity index (χ1n) is 6.63. The van der Waals surface area contributed by atoms with Gasteiger partial charge in [-0.25, -0.2) is 0 Å². The molecular formula is C14H17N3O3S. The van der Waals surface area contributed by atoms with Gasteiger partial charge in [0.15, 0.2) is 5.82 Å². The molecule has 6 nitrogen and oxygen atoms in total. The second-order valence-electron chi connectivity index (χ2n) is 4.71. The fourth-order valence-electron chi connectivity index (χ4n) is 1.90. The van der Waals surface area contributed by atoms with Crippen LogP contribution in [0.1, 0.15) is 22.6 Å². The molecule has 0 aromatic carbocycles. The van der Waals surface area contributed by atoms with Crippen LogP contribution in [-0.2, 0) is 22.6 Å². The maximum atomic E-state index is 11.8. The molecule has 0 bridgehead atoms. The molecule has 2 heterocycles. The molecule has 0 saturated heterocycles. The van der Waals surface area contributed by atoms with Crippen LogP contribution in [0.3, 0.4) is 0 Å². The smallest absolute Gasteiger partial charge is 0.325 e. The van der Waals surface area contributed by atoms with Gasteiger partial charge in [-0.05, 0) is 31.9 Å². The Morgan fingerprint density at radius 2 is 2.19 bits per heavy atom. The molecule has 7 heteroatoms. The van der Waals surface area contributed by atoms with Crippen LogP contribution < -0.4 is 5.32 Å². The van der Waals surface area contributed by atoms with E-state index in [1.54, 1.807) is 17.4 Å². The van der Waals surface area contributed by atoms with Crippen molar-refractivity contribution in [1.29, 1.82) is 0 Å². The number of hydrogen-bond donors (Lipinski definition) is 2. The number of nitrogens with zero attached hydrogens (tertiary/aromatic N) is 2. The van der Waals surface area contributed by atoms with Crippen molar-refractivity contribution in [2.24, 2.45) is 0 Å². The van der Waals surface area contributed by atoms with Crippen molar-refractivity contribution in [3.63, 3.8) is 0 Å². The normalized spacial score (nSPS) is 10.5. The molecule has 112 valence electrons. The predicted molar refractivity (Wildman–Crippen MR) is 80.5 cm³/mol. The monoisotopic (exact) mass is 307 g/mol. The van der Waals surface area contributed by atoms with Gasteiger partial charge < -0.3 is 10.4 Å². The molecule has 0 unspecified atom stereocenters. The van der Waals surface area contributed by atoms with Crippen LogP contribution in [0.25, 0.3) is 0 Å². The Bertz CT molecular complexity index is 633. The third kappa shape index (κ3) is 5.03. The lowest BCUT2D eigenvalue weighted by molar-refractivity contribution is -0.137. The highest BCUT2D eigenvalue weighted by Crippen LogP contribution is 2.17. The van der Waals surface area contributed by atoms with Gasteiger partial charge in [-0.1, -0.05) is 0 Å². The Kier molecular flexibility index (Phi) is 5.10. The topological polar surface area (TPSA) is 84.2 Å². The minimum Gasteiger partial charge on any atom is -0.480 e. The first-order valence-corrected chi connectivity index (χ1v) is 7.45. The minimum absolute atomic E-state index is 0.108. The summed E-state index contributed by atoms with van der Waals surface area (Å²) in [6.07, 6.45) is 3.61. The molecule has 0 aliphatic carbocycles. The summed E-state index contributed by atoms with van der Waals surface area (Å²) in [6, 6.07) is 5.75. The summed E-state index contributed by atoms with van der Waals surface area (Å²) in [6.45, 7) is 1.85. The molecule has 0 saturated carbocycles. The lowest BCUT2D eigenvalue weighted by atomic mass is 10.2. The van der Waals surface area contributed by atoms with Crippen molar-refractivity contribution in [3.05, 3.63) is 34.2 Å². The summed E-state index contributed by atoms with van der Waals surface area (Å²) in [5.74, 6) is -0.695. The number of aliphatic carboxylic acids is 1. The molecule has 0 atom stereocenters. The zero-order chi connectivity index (χ0) is 15.2. The molecule has 0 fully saturated rings. The number of carboxylic acid groups (broad SMARTS) is 1. The number of amides is 1. The average molecular weight is 307 g/mol. The number of nitrogens with one attached hydrogen (secondary N) is 1. The zero-order valence-corrected chi connectivity index (χ0v) is 12.5. The molecule has 2 rings (SSSR count). The van der Waals surface area contributed by atoms with Crippen LogP contribution in [0.5, 0.6) is 0 Å². The Morgan fingerprint density at radius 1 is 1.38 bits per heavy atom. The van der Waals surface area contributed by atoms with E-state index in [0.29, 0.717) is 12.2 Å². The number of thiophene rings is 1. The van der Waals surface area contributed by atoms with E-state index in [1.165, 1.54) is 20.6 Å². The summed E-state index contributed by atoms with van der Waals surface area (Å²) in [5, 5.41) is 15.3. The Morgan fingerprint density at radius 3 is 2.86 bits per heavy atom. The van der Waals surface area contributed by atoms with Crippen LogP contribution >= 0.6 is 11.3 Å². The van der Waals surface area contributed by atoms with Crippen LogP contribution in [0.4, 0.5) is 5.82 Å². The van der Waals surface area contributed by atoms with Crippen molar-refractivity contribution in [2.75, 3.05) is 5.32 Å². The highest BCUT2D eigenvalue weighted by atomic mass is 32.1. The second-order valence-corrected chi connectivity index (χ2v) is 6.08. The summed E-state index contributed by atoms with van der Waals surface area (Å²) >= 11 is 1.75. The summed E-state index contributed by atoms with van der Waals surface area (Å²) in [4.78, 5) is 24.9. The van der Waals surface area contributed by atoms with Gasteiger partial charge in [0.25, 0.3) is 0 Å². The van der Waals surface area contributed by atoms with Gasteiger partial charge in [0, 0.05) is 28.4 Å². The van der Waals surface area contributed by atoms with Crippen molar-refractivity contribution in [1.82, 2.24) is 9.78 Å². The summed E-state index contributed by atoms with van der Waals surface area (Å²) in [5.41, 5.74) is 0. The van der Waals surface area contributed by atoms with Crippen molar-refractivity contribution < 1.29 is 14.7 Å². The lowest BCUT2D eigenvalue weighted by Gasteiger charge is -2.01. The third-order valence-corrected chi connectivity index (χ3v) is 3.89. The van der Waals surface area contributed by atoms with Gasteiger partial charge in [-0.2, -0.15) is 5.10 Å². The van der Waals surface area contributed by atoms with E-state index in [9.17, 15) is 9.59 Å². The number of carbonyl (C=O) groups excluding carboxylic acids is 1. The van der Waals surface area contributed by atoms with Gasteiger partial charge in [0.1, 0.15) is 6.54 Å². The molecule has 0 aliphatic rings. The first-order chi connectivity index (χ1) is 10.0. The van der Waals surface area contributed by atoms with E-state index in [-0.39, 0.29) is 12.5 Å². The molecule has 0 aliphatic heterocycles. The number of aryl methyl sites for hydroxylation is 2. The van der Waals surface area contributed by atoms with E-state index in [4.69, 9.17) is 5.11 Å². The van der Waals surface area contributed by atoms with Crippen molar-refractivity contribution in [2.45, 2.75) is 32.7 Å². The van der Waals surface area contributed by atoms with E-state index >= 15 is 0 Å². The average Bonchev–Trinajstić information content (AvgIpc) is 2.98. The van der Waals surface area contributed by atoms with E-state index in [1.807, 2.05) is 0 Å². The molecule has 2 N–H and O–H groups in total. The molecule has 1 amide bonds. The predicted octanol–water partition coefficient (Wildman–Crippen LogP) is 2.30. The van der Waals surface area contributed by atoms with E-state index < -0.39 is 5.97 Å². The number of rotatable bonds is 7. The molecular weight excluding hydrogens is 290 g/mol. The van der Waals surface area contributed by atoms with Crippen LogP contribution in [0.15, 0.2) is 24.4 Å². The molecule has 0 spiro atoms. The zero-order valence-electron chi connectivity index (χ0n) is 11.7. The summed E-state index contributed by atoms with van der Waals surface area (Å²) < 4.78 is 1.27. The van der Waals surface area contributed by atoms with Gasteiger partial charge in [-0.15, -0.1) is 11.3 Å². The van der Waals surface area contributed by atoms with Crippen molar-refractivity contribution in [3.8, 4) is 0 Å². The Labute approximate surface area is 126 Å². The summed E-state index contributed by atoms with van der Waals surface area (Å²) in [7, 11) is 0. The number of hydrogen-bond acceptors (Lipinski definition) is 4. The van der Waals surface area contributed by atoms with Gasteiger partial charge in [0.2, 0.25) is 5.91 Å².